The van der Waals surface area contributed by atoms with Crippen LogP contribution in [0.15, 0.2) is 52.7 Å². The monoisotopic (exact) mass is 586 g/mol. The first kappa shape index (κ1) is 29.9. The number of amidine groups is 1. The van der Waals surface area contributed by atoms with E-state index in [0.29, 0.717) is 30.8 Å². The quantitative estimate of drug-likeness (QED) is 0.284. The van der Waals surface area contributed by atoms with Crippen LogP contribution in [-0.2, 0) is 26.2 Å². The fraction of sp³-hybridized carbons (Fsp3) is 0.292. The van der Waals surface area contributed by atoms with Crippen LogP contribution in [0, 0.1) is 5.41 Å². The summed E-state index contributed by atoms with van der Waals surface area (Å²) in [6.07, 6.45) is -4.67. The Hall–Kier alpha value is -3.69. The van der Waals surface area contributed by atoms with Gasteiger partial charge in [-0.1, -0.05) is 12.1 Å². The number of benzene rings is 2. The topological polar surface area (TPSA) is 154 Å². The Morgan fingerprint density at radius 2 is 1.87 bits per heavy atom. The number of nitrogens with zero attached hydrogens (tertiary/aromatic N) is 2. The average Bonchev–Trinajstić information content (AvgIpc) is 3.49. The molecule has 3 aromatic rings. The van der Waals surface area contributed by atoms with Gasteiger partial charge in [-0.2, -0.15) is 17.5 Å². The van der Waals surface area contributed by atoms with Gasteiger partial charge in [0.2, 0.25) is 15.9 Å². The number of alkyl halides is 3. The number of halogens is 3. The summed E-state index contributed by atoms with van der Waals surface area (Å²) in [6, 6.07) is 11.4. The number of rotatable bonds is 7. The van der Waals surface area contributed by atoms with Crippen molar-refractivity contribution in [3.63, 3.8) is 0 Å². The molecule has 10 nitrogen and oxygen atoms in total. The van der Waals surface area contributed by atoms with Crippen LogP contribution in [0.1, 0.15) is 16.9 Å². The lowest BCUT2D eigenvalue weighted by Crippen LogP contribution is -2.42. The van der Waals surface area contributed by atoms with Crippen molar-refractivity contribution in [1.29, 1.82) is 5.41 Å². The highest BCUT2D eigenvalue weighted by Crippen LogP contribution is 2.29. The highest BCUT2D eigenvalue weighted by molar-refractivity contribution is 7.89. The first-order chi connectivity index (χ1) is 18.1. The number of nitrogen functional groups attached to an aromatic ring is 1. The molecule has 1 fully saturated rings. The lowest BCUT2D eigenvalue weighted by atomic mass is 10.1. The predicted molar refractivity (Wildman–Crippen MR) is 138 cm³/mol. The smallest absolute Gasteiger partial charge is 0.490 e. The predicted octanol–water partition coefficient (Wildman–Crippen LogP) is 3.25. The molecule has 39 heavy (non-hydrogen) atoms. The number of carboxylic acids is 1. The molecular formula is C24H25F3N4O6S2. The number of likely N-dealkylation sites (N-methyl/N-ethyl adjacent to an activating group) is 1. The summed E-state index contributed by atoms with van der Waals surface area (Å²) in [5.74, 6) is -2.36. The molecule has 0 aliphatic carbocycles. The van der Waals surface area contributed by atoms with E-state index >= 15 is 0 Å². The Labute approximate surface area is 225 Å². The number of carboxylic acid groups (broad SMARTS) is 1. The molecule has 1 saturated heterocycles. The molecule has 210 valence electrons. The lowest BCUT2D eigenvalue weighted by molar-refractivity contribution is -0.192. The Kier molecular flexibility index (Phi) is 8.87. The molecule has 1 aromatic heterocycles. The fourth-order valence-electron chi connectivity index (χ4n) is 3.83. The molecule has 2 aromatic carbocycles. The first-order valence-corrected chi connectivity index (χ1v) is 13.5. The summed E-state index contributed by atoms with van der Waals surface area (Å²) in [7, 11) is -0.853. The van der Waals surface area contributed by atoms with E-state index in [-0.39, 0.29) is 16.6 Å². The van der Waals surface area contributed by atoms with Crippen LogP contribution >= 0.6 is 11.3 Å². The molecule has 0 saturated carbocycles. The van der Waals surface area contributed by atoms with E-state index in [1.165, 1.54) is 22.7 Å². The number of amides is 1. The maximum Gasteiger partial charge on any atom is 0.490 e. The van der Waals surface area contributed by atoms with Gasteiger partial charge in [0.05, 0.1) is 18.6 Å². The van der Waals surface area contributed by atoms with E-state index < -0.39 is 28.2 Å². The number of nitrogens with two attached hydrogens (primary N) is 1. The minimum Gasteiger partial charge on any atom is -0.497 e. The van der Waals surface area contributed by atoms with Gasteiger partial charge in [0, 0.05) is 29.4 Å². The molecule has 0 radical (unpaired) electrons. The van der Waals surface area contributed by atoms with E-state index in [4.69, 9.17) is 25.8 Å². The highest BCUT2D eigenvalue weighted by Gasteiger charge is 2.40. The number of hydrogen-bond acceptors (Lipinski definition) is 7. The zero-order valence-electron chi connectivity index (χ0n) is 20.7. The summed E-state index contributed by atoms with van der Waals surface area (Å²) in [5, 5.41) is 18.1. The Morgan fingerprint density at radius 3 is 2.44 bits per heavy atom. The van der Waals surface area contributed by atoms with Gasteiger partial charge in [0.25, 0.3) is 0 Å². The molecular weight excluding hydrogens is 561 g/mol. The summed E-state index contributed by atoms with van der Waals surface area (Å²) in [6.45, 7) is 0.836. The number of thiophene rings is 1. The number of carbonyl (C=O) groups is 2. The number of carbonyl (C=O) groups excluding carboxylic acids is 1. The van der Waals surface area contributed by atoms with Gasteiger partial charge in [0.1, 0.15) is 17.6 Å². The van der Waals surface area contributed by atoms with Crippen molar-refractivity contribution < 1.29 is 41.0 Å². The Bertz CT molecular complexity index is 1510. The van der Waals surface area contributed by atoms with Crippen molar-refractivity contribution in [3.8, 4) is 5.75 Å². The van der Waals surface area contributed by atoms with Crippen molar-refractivity contribution >= 4 is 49.8 Å². The van der Waals surface area contributed by atoms with Gasteiger partial charge in [-0.25, -0.2) is 13.2 Å². The van der Waals surface area contributed by atoms with Gasteiger partial charge in [0.15, 0.2) is 0 Å². The molecule has 0 bridgehead atoms. The number of nitrogens with one attached hydrogen (secondary N) is 1. The minimum absolute atomic E-state index is 0.0167. The first-order valence-electron chi connectivity index (χ1n) is 11.2. The number of likely N-dealkylation sites (tertiary alicyclic amines) is 1. The lowest BCUT2D eigenvalue weighted by Gasteiger charge is -2.23. The number of sulfonamides is 1. The maximum atomic E-state index is 13.3. The molecule has 1 atom stereocenters. The summed E-state index contributed by atoms with van der Waals surface area (Å²) < 4.78 is 64.7. The van der Waals surface area contributed by atoms with Crippen molar-refractivity contribution in [2.45, 2.75) is 30.1 Å². The van der Waals surface area contributed by atoms with Crippen LogP contribution in [-0.4, -0.2) is 73.4 Å². The second kappa shape index (κ2) is 11.6. The summed E-state index contributed by atoms with van der Waals surface area (Å²) in [4.78, 5) is 24.6. The SMILES string of the molecule is COc1ccc2ccc(S(=O)(=O)N(C)[C@H]3CCN(Cc4cc(C(=N)N)cs4)C3=O)cc2c1.O=C(O)C(F)(F)F. The maximum absolute atomic E-state index is 13.3. The van der Waals surface area contributed by atoms with Gasteiger partial charge in [-0.05, 0) is 47.5 Å². The van der Waals surface area contributed by atoms with Crippen LogP contribution in [0.3, 0.4) is 0 Å². The molecule has 1 aliphatic rings. The molecule has 2 heterocycles. The zero-order chi connectivity index (χ0) is 29.1. The fourth-order valence-corrected chi connectivity index (χ4v) is 6.11. The normalized spacial score (nSPS) is 15.8. The van der Waals surface area contributed by atoms with E-state index in [2.05, 4.69) is 0 Å². The molecule has 15 heteroatoms. The molecule has 1 amide bonds. The minimum atomic E-state index is -5.08. The third-order valence-electron chi connectivity index (χ3n) is 5.96. The molecule has 0 spiro atoms. The van der Waals surface area contributed by atoms with Gasteiger partial charge in [-0.15, -0.1) is 11.3 Å². The van der Waals surface area contributed by atoms with E-state index in [9.17, 15) is 26.4 Å². The van der Waals surface area contributed by atoms with Crippen molar-refractivity contribution in [2.75, 3.05) is 20.7 Å². The van der Waals surface area contributed by atoms with Crippen LogP contribution in [0.25, 0.3) is 10.8 Å². The van der Waals surface area contributed by atoms with E-state index in [1.54, 1.807) is 47.7 Å². The number of ether oxygens (including phenoxy) is 1. The molecule has 0 unspecified atom stereocenters. The standard InChI is InChI=1S/C22H24N4O4S2.C2HF3O2/c1-25(20-7-8-26(22(20)27)12-18-10-16(13-31-18)21(23)24)32(28,29)19-6-4-14-3-5-17(30-2)9-15(14)11-19;3-2(4,5)1(6)7/h3-6,9-11,13,20H,7-8,12H2,1-2H3,(H3,23,24);(H,6,7)/t20-;/m0./s1. The average molecular weight is 587 g/mol. The number of methoxy groups -OCH3 is 1. The number of aliphatic carboxylic acids is 1. The third-order valence-corrected chi connectivity index (χ3v) is 8.74. The second-order valence-corrected chi connectivity index (χ2v) is 11.5. The summed E-state index contributed by atoms with van der Waals surface area (Å²) in [5.41, 5.74) is 6.13. The summed E-state index contributed by atoms with van der Waals surface area (Å²) >= 11 is 1.43. The van der Waals surface area contributed by atoms with Gasteiger partial charge < -0.3 is 20.5 Å². The Balaban J connectivity index is 0.000000532. The number of fused-ring (bicyclic) bond motifs is 1. The van der Waals surface area contributed by atoms with Crippen molar-refractivity contribution in [3.05, 3.63) is 58.3 Å². The molecule has 4 rings (SSSR count). The second-order valence-electron chi connectivity index (χ2n) is 8.48. The van der Waals surface area contributed by atoms with Crippen molar-refractivity contribution in [1.82, 2.24) is 9.21 Å². The van der Waals surface area contributed by atoms with Crippen LogP contribution in [0.4, 0.5) is 13.2 Å². The van der Waals surface area contributed by atoms with E-state index in [1.807, 2.05) is 12.1 Å². The van der Waals surface area contributed by atoms with Gasteiger partial charge >= 0.3 is 12.1 Å². The van der Waals surface area contributed by atoms with E-state index in [0.717, 1.165) is 15.6 Å². The highest BCUT2D eigenvalue weighted by atomic mass is 32.2. The van der Waals surface area contributed by atoms with Crippen LogP contribution < -0.4 is 10.5 Å². The van der Waals surface area contributed by atoms with Crippen molar-refractivity contribution in [2.24, 2.45) is 5.73 Å². The molecule has 1 aliphatic heterocycles. The largest absolute Gasteiger partial charge is 0.497 e. The van der Waals surface area contributed by atoms with Crippen LogP contribution in [0.2, 0.25) is 0 Å². The van der Waals surface area contributed by atoms with Crippen LogP contribution in [0.5, 0.6) is 5.75 Å². The number of hydrogen-bond donors (Lipinski definition) is 3. The third kappa shape index (κ3) is 6.85. The molecule has 4 N–H and O–H groups in total. The van der Waals surface area contributed by atoms with Gasteiger partial charge in [-0.3, -0.25) is 10.2 Å². The Morgan fingerprint density at radius 1 is 1.23 bits per heavy atom. The zero-order valence-corrected chi connectivity index (χ0v) is 22.4.